The molecular formula is C17H17N3OS2. The van der Waals surface area contributed by atoms with E-state index >= 15 is 0 Å². The fourth-order valence-corrected chi connectivity index (χ4v) is 3.92. The topological polar surface area (TPSA) is 54.9 Å². The van der Waals surface area contributed by atoms with Gasteiger partial charge >= 0.3 is 0 Å². The average molecular weight is 343 g/mol. The zero-order valence-corrected chi connectivity index (χ0v) is 14.4. The van der Waals surface area contributed by atoms with Gasteiger partial charge < -0.3 is 5.32 Å². The SMILES string of the molecule is Cc1nnc(CNc2cccc(C[S@](=O)c3ccccc3)c2)s1. The van der Waals surface area contributed by atoms with E-state index in [-0.39, 0.29) is 0 Å². The number of rotatable bonds is 6. The van der Waals surface area contributed by atoms with E-state index < -0.39 is 10.8 Å². The van der Waals surface area contributed by atoms with Gasteiger partial charge in [-0.1, -0.05) is 41.7 Å². The molecule has 0 radical (unpaired) electrons. The first-order chi connectivity index (χ1) is 11.2. The summed E-state index contributed by atoms with van der Waals surface area (Å²) in [5.41, 5.74) is 2.05. The molecule has 2 aromatic carbocycles. The van der Waals surface area contributed by atoms with E-state index in [1.54, 1.807) is 11.3 Å². The van der Waals surface area contributed by atoms with Gasteiger partial charge in [0.15, 0.2) is 0 Å². The van der Waals surface area contributed by atoms with Gasteiger partial charge in [0.05, 0.1) is 23.1 Å². The molecule has 1 atom stereocenters. The highest BCUT2D eigenvalue weighted by Crippen LogP contribution is 2.17. The molecule has 0 spiro atoms. The second-order valence-corrected chi connectivity index (χ2v) is 7.79. The third kappa shape index (κ3) is 4.46. The van der Waals surface area contributed by atoms with Crippen LogP contribution < -0.4 is 5.32 Å². The molecule has 4 nitrogen and oxygen atoms in total. The molecule has 0 saturated carbocycles. The molecule has 0 aliphatic rings. The van der Waals surface area contributed by atoms with E-state index in [0.717, 1.165) is 26.2 Å². The van der Waals surface area contributed by atoms with Crippen LogP contribution in [0.15, 0.2) is 59.5 Å². The number of hydrogen-bond acceptors (Lipinski definition) is 5. The summed E-state index contributed by atoms with van der Waals surface area (Å²) >= 11 is 1.59. The van der Waals surface area contributed by atoms with Crippen molar-refractivity contribution in [2.24, 2.45) is 0 Å². The number of aryl methyl sites for hydroxylation is 1. The summed E-state index contributed by atoms with van der Waals surface area (Å²) < 4.78 is 12.4. The van der Waals surface area contributed by atoms with Crippen molar-refractivity contribution >= 4 is 27.8 Å². The predicted molar refractivity (Wildman–Crippen MR) is 95.0 cm³/mol. The molecule has 118 valence electrons. The van der Waals surface area contributed by atoms with Crippen molar-refractivity contribution in [3.8, 4) is 0 Å². The third-order valence-electron chi connectivity index (χ3n) is 3.24. The number of anilines is 1. The van der Waals surface area contributed by atoms with Crippen molar-refractivity contribution in [2.45, 2.75) is 24.1 Å². The molecule has 1 N–H and O–H groups in total. The minimum atomic E-state index is -1.03. The van der Waals surface area contributed by atoms with E-state index in [1.165, 1.54) is 0 Å². The van der Waals surface area contributed by atoms with Crippen LogP contribution >= 0.6 is 11.3 Å². The van der Waals surface area contributed by atoms with Crippen molar-refractivity contribution in [1.29, 1.82) is 0 Å². The summed E-state index contributed by atoms with van der Waals surface area (Å²) in [6.45, 7) is 2.59. The smallest absolute Gasteiger partial charge is 0.136 e. The number of nitrogens with zero attached hydrogens (tertiary/aromatic N) is 2. The van der Waals surface area contributed by atoms with Gasteiger partial charge in [0.1, 0.15) is 10.0 Å². The zero-order valence-electron chi connectivity index (χ0n) is 12.7. The first-order valence-electron chi connectivity index (χ1n) is 7.26. The molecule has 1 heterocycles. The van der Waals surface area contributed by atoms with Gasteiger partial charge in [0.25, 0.3) is 0 Å². The minimum Gasteiger partial charge on any atom is -0.378 e. The second-order valence-electron chi connectivity index (χ2n) is 5.07. The van der Waals surface area contributed by atoms with Gasteiger partial charge in [0, 0.05) is 10.6 Å². The van der Waals surface area contributed by atoms with Crippen molar-refractivity contribution in [3.63, 3.8) is 0 Å². The summed E-state index contributed by atoms with van der Waals surface area (Å²) in [4.78, 5) is 0.857. The van der Waals surface area contributed by atoms with Crippen LogP contribution in [0, 0.1) is 6.92 Å². The Balaban J connectivity index is 1.64. The Morgan fingerprint density at radius 2 is 1.91 bits per heavy atom. The second kappa shape index (κ2) is 7.48. The van der Waals surface area contributed by atoms with Crippen LogP contribution in [0.3, 0.4) is 0 Å². The van der Waals surface area contributed by atoms with Gasteiger partial charge in [0.2, 0.25) is 0 Å². The molecule has 3 aromatic rings. The number of hydrogen-bond donors (Lipinski definition) is 1. The lowest BCUT2D eigenvalue weighted by Crippen LogP contribution is -2.01. The predicted octanol–water partition coefficient (Wildman–Crippen LogP) is 3.77. The molecule has 0 aliphatic carbocycles. The van der Waals surface area contributed by atoms with Crippen LogP contribution in [-0.4, -0.2) is 14.4 Å². The Labute approximate surface area is 142 Å². The van der Waals surface area contributed by atoms with Crippen molar-refractivity contribution in [2.75, 3.05) is 5.32 Å². The summed E-state index contributed by atoms with van der Waals surface area (Å²) in [6, 6.07) is 17.6. The fourth-order valence-electron chi connectivity index (χ4n) is 2.16. The normalized spacial score (nSPS) is 12.0. The van der Waals surface area contributed by atoms with Crippen LogP contribution in [0.4, 0.5) is 5.69 Å². The molecule has 1 aromatic heterocycles. The maximum absolute atomic E-state index is 12.4. The van der Waals surface area contributed by atoms with E-state index in [0.29, 0.717) is 12.3 Å². The fraction of sp³-hybridized carbons (Fsp3) is 0.176. The van der Waals surface area contributed by atoms with Gasteiger partial charge in [-0.15, -0.1) is 10.2 Å². The Morgan fingerprint density at radius 1 is 1.09 bits per heavy atom. The van der Waals surface area contributed by atoms with Crippen molar-refractivity contribution in [3.05, 3.63) is 70.2 Å². The van der Waals surface area contributed by atoms with E-state index in [1.807, 2.05) is 61.5 Å². The Hall–Kier alpha value is -2.05. The van der Waals surface area contributed by atoms with E-state index in [4.69, 9.17) is 0 Å². The Morgan fingerprint density at radius 3 is 2.65 bits per heavy atom. The van der Waals surface area contributed by atoms with Gasteiger partial charge in [-0.2, -0.15) is 0 Å². The summed E-state index contributed by atoms with van der Waals surface area (Å²) in [5, 5.41) is 13.4. The molecule has 0 unspecified atom stereocenters. The summed E-state index contributed by atoms with van der Waals surface area (Å²) in [6.07, 6.45) is 0. The molecule has 0 amide bonds. The van der Waals surface area contributed by atoms with E-state index in [9.17, 15) is 4.21 Å². The first kappa shape index (κ1) is 15.8. The highest BCUT2D eigenvalue weighted by Gasteiger charge is 2.06. The van der Waals surface area contributed by atoms with Crippen LogP contribution in [0.1, 0.15) is 15.6 Å². The quantitative estimate of drug-likeness (QED) is 0.740. The molecule has 0 fully saturated rings. The highest BCUT2D eigenvalue weighted by atomic mass is 32.2. The lowest BCUT2D eigenvalue weighted by atomic mass is 10.2. The standard InChI is InChI=1S/C17H17N3OS2/c1-13-19-20-17(22-13)11-18-15-7-5-6-14(10-15)12-23(21)16-8-3-2-4-9-16/h2-10,18H,11-12H2,1H3/t23-/m0/s1. The Bertz CT molecular complexity index is 802. The van der Waals surface area contributed by atoms with Crippen LogP contribution in [0.25, 0.3) is 0 Å². The molecule has 3 rings (SSSR count). The summed E-state index contributed by atoms with van der Waals surface area (Å²) in [5.74, 6) is 0.511. The van der Waals surface area contributed by atoms with Crippen LogP contribution in [0.2, 0.25) is 0 Å². The number of nitrogens with one attached hydrogen (secondary N) is 1. The Kier molecular flexibility index (Phi) is 5.15. The van der Waals surface area contributed by atoms with Gasteiger partial charge in [-0.3, -0.25) is 4.21 Å². The maximum Gasteiger partial charge on any atom is 0.136 e. The first-order valence-corrected chi connectivity index (χ1v) is 9.39. The highest BCUT2D eigenvalue weighted by molar-refractivity contribution is 7.84. The minimum absolute atomic E-state index is 0.511. The van der Waals surface area contributed by atoms with Crippen LogP contribution in [0.5, 0.6) is 0 Å². The molecule has 23 heavy (non-hydrogen) atoms. The summed E-state index contributed by atoms with van der Waals surface area (Å²) in [7, 11) is -1.03. The molecule has 6 heteroatoms. The lowest BCUT2D eigenvalue weighted by Gasteiger charge is -2.07. The largest absolute Gasteiger partial charge is 0.378 e. The van der Waals surface area contributed by atoms with Gasteiger partial charge in [-0.05, 0) is 36.8 Å². The zero-order chi connectivity index (χ0) is 16.1. The molecular weight excluding hydrogens is 326 g/mol. The van der Waals surface area contributed by atoms with E-state index in [2.05, 4.69) is 15.5 Å². The van der Waals surface area contributed by atoms with Crippen molar-refractivity contribution < 1.29 is 4.21 Å². The molecule has 0 bridgehead atoms. The molecule has 0 saturated heterocycles. The molecule has 0 aliphatic heterocycles. The number of benzene rings is 2. The monoisotopic (exact) mass is 343 g/mol. The van der Waals surface area contributed by atoms with Crippen LogP contribution in [-0.2, 0) is 23.1 Å². The average Bonchev–Trinajstić information content (AvgIpc) is 3.00. The number of aromatic nitrogens is 2. The third-order valence-corrected chi connectivity index (χ3v) is 5.47. The lowest BCUT2D eigenvalue weighted by molar-refractivity contribution is 0.682. The maximum atomic E-state index is 12.4. The van der Waals surface area contributed by atoms with Crippen molar-refractivity contribution in [1.82, 2.24) is 10.2 Å². The van der Waals surface area contributed by atoms with Gasteiger partial charge in [-0.25, -0.2) is 0 Å².